The van der Waals surface area contributed by atoms with Gasteiger partial charge in [0.2, 0.25) is 5.91 Å². The van der Waals surface area contributed by atoms with Crippen molar-refractivity contribution >= 4 is 17.8 Å². The van der Waals surface area contributed by atoms with E-state index in [9.17, 15) is 14.4 Å². The lowest BCUT2D eigenvalue weighted by Gasteiger charge is -2.61. The Balaban J connectivity index is 1.42. The van der Waals surface area contributed by atoms with Crippen LogP contribution in [0.15, 0.2) is 30.3 Å². The number of rotatable bonds is 7. The molecule has 2 unspecified atom stereocenters. The molecule has 5 rings (SSSR count). The number of hydrogen-bond acceptors (Lipinski definition) is 4. The van der Waals surface area contributed by atoms with Gasteiger partial charge in [0.15, 0.2) is 6.61 Å². The molecule has 30 heavy (non-hydrogen) atoms. The molecule has 4 saturated carbocycles. The number of amides is 2. The predicted octanol–water partition coefficient (Wildman–Crippen LogP) is 2.71. The minimum atomic E-state index is -0.656. The Labute approximate surface area is 178 Å². The quantitative estimate of drug-likeness (QED) is 0.675. The second-order valence-corrected chi connectivity index (χ2v) is 9.65. The SMILES string of the molecule is CCNC(=O)[C@@H](C)NC(=O)COC(=O)C12C[C@H]3C[C@@H](C1)CC(c1ccccc1)(C3)C2. The van der Waals surface area contributed by atoms with Crippen molar-refractivity contribution < 1.29 is 19.1 Å². The van der Waals surface area contributed by atoms with Crippen LogP contribution in [-0.2, 0) is 24.5 Å². The molecule has 2 N–H and O–H groups in total. The molecule has 0 spiro atoms. The van der Waals surface area contributed by atoms with E-state index in [1.165, 1.54) is 12.0 Å². The zero-order chi connectivity index (χ0) is 21.4. The Bertz CT molecular complexity index is 808. The molecule has 0 aromatic heterocycles. The third-order valence-electron chi connectivity index (χ3n) is 7.34. The standard InChI is InChI=1S/C24H32N2O4/c1-3-25-21(28)16(2)26-20(27)14-30-22(29)24-12-17-9-18(13-24)11-23(10-17,15-24)19-7-5-4-6-8-19/h4-8,16-18H,3,9-15H2,1-2H3,(H,25,28)(H,26,27)/t16-,17-,18+,23?,24?/m1/s1. The topological polar surface area (TPSA) is 84.5 Å². The summed E-state index contributed by atoms with van der Waals surface area (Å²) in [5.41, 5.74) is 0.912. The number of carbonyl (C=O) groups excluding carboxylic acids is 3. The van der Waals surface area contributed by atoms with E-state index in [0.29, 0.717) is 18.4 Å². The first-order valence-electron chi connectivity index (χ1n) is 11.2. The maximum Gasteiger partial charge on any atom is 0.312 e. The fraction of sp³-hybridized carbons (Fsp3) is 0.625. The Morgan fingerprint density at radius 2 is 1.77 bits per heavy atom. The van der Waals surface area contributed by atoms with E-state index in [1.54, 1.807) is 6.92 Å². The Morgan fingerprint density at radius 1 is 1.10 bits per heavy atom. The van der Waals surface area contributed by atoms with Crippen molar-refractivity contribution in [2.24, 2.45) is 17.3 Å². The molecular formula is C24H32N2O4. The highest BCUT2D eigenvalue weighted by atomic mass is 16.5. The third kappa shape index (κ3) is 3.84. The molecule has 0 saturated heterocycles. The number of likely N-dealkylation sites (N-methyl/N-ethyl adjacent to an activating group) is 1. The van der Waals surface area contributed by atoms with E-state index < -0.39 is 17.4 Å². The molecule has 6 nitrogen and oxygen atoms in total. The van der Waals surface area contributed by atoms with Crippen molar-refractivity contribution in [2.75, 3.05) is 13.2 Å². The van der Waals surface area contributed by atoms with Crippen molar-refractivity contribution in [3.8, 4) is 0 Å². The van der Waals surface area contributed by atoms with Gasteiger partial charge < -0.3 is 15.4 Å². The zero-order valence-electron chi connectivity index (χ0n) is 17.9. The van der Waals surface area contributed by atoms with Gasteiger partial charge >= 0.3 is 5.97 Å². The molecule has 0 heterocycles. The maximum atomic E-state index is 13.2. The van der Waals surface area contributed by atoms with E-state index >= 15 is 0 Å². The lowest BCUT2D eigenvalue weighted by molar-refractivity contribution is -0.175. The van der Waals surface area contributed by atoms with Crippen LogP contribution in [-0.4, -0.2) is 37.0 Å². The fourth-order valence-electron chi connectivity index (χ4n) is 6.59. The number of ether oxygens (including phenoxy) is 1. The van der Waals surface area contributed by atoms with Crippen LogP contribution >= 0.6 is 0 Å². The van der Waals surface area contributed by atoms with Gasteiger partial charge in [-0.3, -0.25) is 14.4 Å². The number of carbonyl (C=O) groups is 3. The van der Waals surface area contributed by atoms with Crippen LogP contribution in [0.5, 0.6) is 0 Å². The first-order chi connectivity index (χ1) is 14.4. The molecule has 0 aliphatic heterocycles. The van der Waals surface area contributed by atoms with Crippen molar-refractivity contribution in [3.63, 3.8) is 0 Å². The molecular weight excluding hydrogens is 380 g/mol. The summed E-state index contributed by atoms with van der Waals surface area (Å²) >= 11 is 0. The van der Waals surface area contributed by atoms with Gasteiger partial charge in [-0.15, -0.1) is 0 Å². The van der Waals surface area contributed by atoms with Crippen molar-refractivity contribution in [2.45, 2.75) is 63.8 Å². The summed E-state index contributed by atoms with van der Waals surface area (Å²) in [6.45, 7) is 3.61. The molecule has 0 radical (unpaired) electrons. The van der Waals surface area contributed by atoms with Gasteiger partial charge in [0, 0.05) is 6.54 Å². The normalized spacial score (nSPS) is 32.3. The first kappa shape index (κ1) is 20.9. The molecule has 5 atom stereocenters. The highest BCUT2D eigenvalue weighted by molar-refractivity contribution is 5.89. The molecule has 4 fully saturated rings. The second kappa shape index (κ2) is 8.05. The summed E-state index contributed by atoms with van der Waals surface area (Å²) in [6, 6.07) is 9.94. The summed E-state index contributed by atoms with van der Waals surface area (Å²) in [6.07, 6.45) is 6.04. The number of hydrogen-bond donors (Lipinski definition) is 2. The van der Waals surface area contributed by atoms with E-state index in [2.05, 4.69) is 34.9 Å². The number of nitrogens with one attached hydrogen (secondary N) is 2. The van der Waals surface area contributed by atoms with Gasteiger partial charge in [0.05, 0.1) is 5.41 Å². The maximum absolute atomic E-state index is 13.2. The van der Waals surface area contributed by atoms with Crippen LogP contribution in [0.4, 0.5) is 0 Å². The molecule has 2 amide bonds. The van der Waals surface area contributed by atoms with Gasteiger partial charge in [-0.05, 0) is 75.2 Å². The lowest BCUT2D eigenvalue weighted by Crippen LogP contribution is -2.57. The summed E-state index contributed by atoms with van der Waals surface area (Å²) in [5, 5.41) is 5.26. The fourth-order valence-corrected chi connectivity index (χ4v) is 6.59. The smallest absolute Gasteiger partial charge is 0.312 e. The van der Waals surface area contributed by atoms with Gasteiger partial charge in [0.25, 0.3) is 5.91 Å². The molecule has 162 valence electrons. The van der Waals surface area contributed by atoms with Gasteiger partial charge in [-0.2, -0.15) is 0 Å². The lowest BCUT2D eigenvalue weighted by atomic mass is 9.43. The Hall–Kier alpha value is -2.37. The number of esters is 1. The average Bonchev–Trinajstić information content (AvgIpc) is 2.72. The predicted molar refractivity (Wildman–Crippen MR) is 112 cm³/mol. The Kier molecular flexibility index (Phi) is 5.60. The van der Waals surface area contributed by atoms with Gasteiger partial charge in [-0.25, -0.2) is 0 Å². The summed E-state index contributed by atoms with van der Waals surface area (Å²) < 4.78 is 5.53. The zero-order valence-corrected chi connectivity index (χ0v) is 17.9. The van der Waals surface area contributed by atoms with Gasteiger partial charge in [-0.1, -0.05) is 30.3 Å². The van der Waals surface area contributed by atoms with Crippen molar-refractivity contribution in [3.05, 3.63) is 35.9 Å². The molecule has 1 aromatic rings. The number of benzene rings is 1. The van der Waals surface area contributed by atoms with Crippen LogP contribution in [0.25, 0.3) is 0 Å². The van der Waals surface area contributed by atoms with Crippen molar-refractivity contribution in [1.82, 2.24) is 10.6 Å². The van der Waals surface area contributed by atoms with Crippen LogP contribution in [0.2, 0.25) is 0 Å². The molecule has 4 aliphatic carbocycles. The van der Waals surface area contributed by atoms with Crippen LogP contribution < -0.4 is 10.6 Å². The first-order valence-corrected chi connectivity index (χ1v) is 11.2. The summed E-state index contributed by atoms with van der Waals surface area (Å²) in [5.74, 6) is 0.168. The van der Waals surface area contributed by atoms with Crippen LogP contribution in [0.3, 0.4) is 0 Å². The Morgan fingerprint density at radius 3 is 2.40 bits per heavy atom. The van der Waals surface area contributed by atoms with Crippen molar-refractivity contribution in [1.29, 1.82) is 0 Å². The molecule has 1 aromatic carbocycles. The highest BCUT2D eigenvalue weighted by Crippen LogP contribution is 2.66. The highest BCUT2D eigenvalue weighted by Gasteiger charge is 2.61. The minimum absolute atomic E-state index is 0.0549. The summed E-state index contributed by atoms with van der Waals surface area (Å²) in [7, 11) is 0. The van der Waals surface area contributed by atoms with E-state index in [0.717, 1.165) is 32.1 Å². The van der Waals surface area contributed by atoms with E-state index in [4.69, 9.17) is 4.74 Å². The molecule has 4 aliphatic rings. The second-order valence-electron chi connectivity index (χ2n) is 9.65. The van der Waals surface area contributed by atoms with Gasteiger partial charge in [0.1, 0.15) is 6.04 Å². The summed E-state index contributed by atoms with van der Waals surface area (Å²) in [4.78, 5) is 37.2. The largest absolute Gasteiger partial charge is 0.455 e. The molecule has 6 heteroatoms. The minimum Gasteiger partial charge on any atom is -0.455 e. The molecule has 4 bridgehead atoms. The van der Waals surface area contributed by atoms with Crippen LogP contribution in [0.1, 0.15) is 57.9 Å². The monoisotopic (exact) mass is 412 g/mol. The third-order valence-corrected chi connectivity index (χ3v) is 7.34. The van der Waals surface area contributed by atoms with Crippen LogP contribution in [0, 0.1) is 17.3 Å². The van der Waals surface area contributed by atoms with E-state index in [-0.39, 0.29) is 23.9 Å². The average molecular weight is 413 g/mol. The van der Waals surface area contributed by atoms with E-state index in [1.807, 2.05) is 13.0 Å².